The molecule has 1 saturated heterocycles. The second-order valence-electron chi connectivity index (χ2n) is 5.64. The summed E-state index contributed by atoms with van der Waals surface area (Å²) >= 11 is 0. The van der Waals surface area contributed by atoms with Crippen LogP contribution >= 0.6 is 0 Å². The zero-order valence-electron chi connectivity index (χ0n) is 12.7. The molecule has 1 aliphatic heterocycles. The molecule has 3 heterocycles. The summed E-state index contributed by atoms with van der Waals surface area (Å²) < 4.78 is 34.4. The highest BCUT2D eigenvalue weighted by Crippen LogP contribution is 2.26. The summed E-state index contributed by atoms with van der Waals surface area (Å²) in [7, 11) is 0. The molecule has 0 bridgehead atoms. The van der Waals surface area contributed by atoms with E-state index >= 15 is 0 Å². The van der Waals surface area contributed by atoms with Crippen molar-refractivity contribution in [2.45, 2.75) is 18.9 Å². The third kappa shape index (κ3) is 2.69. The van der Waals surface area contributed by atoms with Crippen LogP contribution < -0.4 is 10.1 Å². The van der Waals surface area contributed by atoms with Crippen LogP contribution in [0.5, 0.6) is 5.88 Å². The number of benzene rings is 1. The van der Waals surface area contributed by atoms with Crippen molar-refractivity contribution in [2.75, 3.05) is 13.1 Å². The van der Waals surface area contributed by atoms with Crippen LogP contribution in [0.25, 0.3) is 16.7 Å². The van der Waals surface area contributed by atoms with E-state index in [0.29, 0.717) is 16.9 Å². The third-order valence-corrected chi connectivity index (χ3v) is 4.03. The fraction of sp³-hybridized carbons (Fsp3) is 0.312. The monoisotopic (exact) mass is 331 g/mol. The average molecular weight is 331 g/mol. The van der Waals surface area contributed by atoms with E-state index in [0.717, 1.165) is 32.0 Å². The predicted octanol–water partition coefficient (Wildman–Crippen LogP) is 2.22. The van der Waals surface area contributed by atoms with E-state index < -0.39 is 11.6 Å². The topological polar surface area (TPSA) is 64.9 Å². The molecule has 1 fully saturated rings. The molecule has 1 N–H and O–H groups in total. The summed E-state index contributed by atoms with van der Waals surface area (Å²) in [5, 5.41) is 8.04. The van der Waals surface area contributed by atoms with Crippen molar-refractivity contribution in [1.29, 1.82) is 0 Å². The van der Waals surface area contributed by atoms with Crippen molar-refractivity contribution >= 4 is 11.0 Å². The SMILES string of the molecule is Fc1ccc(-n2ncc3c(OC4CCNCC4)ncnc32)c(F)c1. The van der Waals surface area contributed by atoms with Gasteiger partial charge < -0.3 is 10.1 Å². The Balaban J connectivity index is 1.73. The zero-order valence-corrected chi connectivity index (χ0v) is 12.7. The van der Waals surface area contributed by atoms with Crippen molar-refractivity contribution in [3.05, 3.63) is 42.4 Å². The average Bonchev–Trinajstić information content (AvgIpc) is 3.01. The number of halogens is 2. The van der Waals surface area contributed by atoms with Crippen molar-refractivity contribution in [1.82, 2.24) is 25.1 Å². The van der Waals surface area contributed by atoms with Gasteiger partial charge in [-0.25, -0.2) is 23.4 Å². The van der Waals surface area contributed by atoms with Crippen LogP contribution in [0, 0.1) is 11.6 Å². The van der Waals surface area contributed by atoms with E-state index in [-0.39, 0.29) is 11.8 Å². The number of rotatable bonds is 3. The normalized spacial score (nSPS) is 15.8. The molecule has 1 aromatic carbocycles. The Bertz CT molecular complexity index is 876. The Labute approximate surface area is 136 Å². The molecule has 0 unspecified atom stereocenters. The Morgan fingerprint density at radius 3 is 2.79 bits per heavy atom. The molecular weight excluding hydrogens is 316 g/mol. The van der Waals surface area contributed by atoms with Crippen LogP contribution in [-0.4, -0.2) is 38.9 Å². The maximum absolute atomic E-state index is 14.0. The van der Waals surface area contributed by atoms with Crippen LogP contribution in [0.3, 0.4) is 0 Å². The van der Waals surface area contributed by atoms with Gasteiger partial charge in [0.05, 0.1) is 6.20 Å². The molecule has 0 saturated carbocycles. The molecule has 6 nitrogen and oxygen atoms in total. The highest BCUT2D eigenvalue weighted by Gasteiger charge is 2.19. The standard InChI is InChI=1S/C16H15F2N5O/c17-10-1-2-14(13(18)7-10)23-15-12(8-22-23)16(21-9-20-15)24-11-3-5-19-6-4-11/h1-2,7-9,11,19H,3-6H2. The Morgan fingerprint density at radius 1 is 1.17 bits per heavy atom. The lowest BCUT2D eigenvalue weighted by atomic mass is 10.1. The van der Waals surface area contributed by atoms with Gasteiger partial charge in [0.1, 0.15) is 29.3 Å². The highest BCUT2D eigenvalue weighted by molar-refractivity contribution is 5.81. The Hall–Kier alpha value is -2.61. The molecule has 0 amide bonds. The van der Waals surface area contributed by atoms with Crippen LogP contribution in [0.15, 0.2) is 30.7 Å². The molecule has 0 radical (unpaired) electrons. The number of nitrogens with zero attached hydrogens (tertiary/aromatic N) is 4. The molecule has 2 aromatic heterocycles. The highest BCUT2D eigenvalue weighted by atomic mass is 19.1. The van der Waals surface area contributed by atoms with E-state index in [1.807, 2.05) is 0 Å². The smallest absolute Gasteiger partial charge is 0.228 e. The van der Waals surface area contributed by atoms with Crippen LogP contribution in [-0.2, 0) is 0 Å². The summed E-state index contributed by atoms with van der Waals surface area (Å²) in [6.45, 7) is 1.80. The first-order valence-corrected chi connectivity index (χ1v) is 7.74. The van der Waals surface area contributed by atoms with Gasteiger partial charge >= 0.3 is 0 Å². The molecule has 3 aromatic rings. The van der Waals surface area contributed by atoms with Gasteiger partial charge in [0.25, 0.3) is 0 Å². The van der Waals surface area contributed by atoms with Crippen LogP contribution in [0.2, 0.25) is 0 Å². The Morgan fingerprint density at radius 2 is 2.00 bits per heavy atom. The lowest BCUT2D eigenvalue weighted by molar-refractivity contribution is 0.158. The van der Waals surface area contributed by atoms with Crippen molar-refractivity contribution < 1.29 is 13.5 Å². The summed E-state index contributed by atoms with van der Waals surface area (Å²) in [5.41, 5.74) is 0.539. The minimum Gasteiger partial charge on any atom is -0.474 e. The van der Waals surface area contributed by atoms with Gasteiger partial charge in [-0.1, -0.05) is 0 Å². The number of fused-ring (bicyclic) bond motifs is 1. The van der Waals surface area contributed by atoms with Gasteiger partial charge in [0.15, 0.2) is 11.5 Å². The first kappa shape index (κ1) is 14.9. The third-order valence-electron chi connectivity index (χ3n) is 4.03. The molecule has 0 atom stereocenters. The van der Waals surface area contributed by atoms with E-state index in [1.165, 1.54) is 29.3 Å². The van der Waals surface area contributed by atoms with Gasteiger partial charge in [-0.15, -0.1) is 0 Å². The fourth-order valence-corrected chi connectivity index (χ4v) is 2.82. The molecule has 124 valence electrons. The van der Waals surface area contributed by atoms with Gasteiger partial charge in [0, 0.05) is 6.07 Å². The largest absolute Gasteiger partial charge is 0.474 e. The molecule has 0 aliphatic carbocycles. The molecule has 8 heteroatoms. The lowest BCUT2D eigenvalue weighted by Gasteiger charge is -2.23. The minimum atomic E-state index is -0.709. The quantitative estimate of drug-likeness (QED) is 0.797. The number of piperidine rings is 1. The van der Waals surface area contributed by atoms with E-state index in [2.05, 4.69) is 20.4 Å². The molecule has 1 aliphatic rings. The number of nitrogens with one attached hydrogen (secondary N) is 1. The number of hydrogen-bond acceptors (Lipinski definition) is 5. The summed E-state index contributed by atoms with van der Waals surface area (Å²) in [5.74, 6) is -0.919. The van der Waals surface area contributed by atoms with Crippen LogP contribution in [0.4, 0.5) is 8.78 Å². The zero-order chi connectivity index (χ0) is 16.5. The second-order valence-corrected chi connectivity index (χ2v) is 5.64. The maximum atomic E-state index is 14.0. The lowest BCUT2D eigenvalue weighted by Crippen LogP contribution is -2.34. The molecule has 0 spiro atoms. The molecular formula is C16H15F2N5O. The van der Waals surface area contributed by atoms with E-state index in [1.54, 1.807) is 0 Å². The first-order chi connectivity index (χ1) is 11.7. The van der Waals surface area contributed by atoms with Crippen molar-refractivity contribution in [2.24, 2.45) is 0 Å². The van der Waals surface area contributed by atoms with Gasteiger partial charge in [-0.3, -0.25) is 0 Å². The van der Waals surface area contributed by atoms with Gasteiger partial charge in [0.2, 0.25) is 5.88 Å². The van der Waals surface area contributed by atoms with Gasteiger partial charge in [-0.05, 0) is 38.1 Å². The molecule has 4 rings (SSSR count). The molecule has 24 heavy (non-hydrogen) atoms. The summed E-state index contributed by atoms with van der Waals surface area (Å²) in [4.78, 5) is 8.36. The van der Waals surface area contributed by atoms with Crippen molar-refractivity contribution in [3.63, 3.8) is 0 Å². The fourth-order valence-electron chi connectivity index (χ4n) is 2.82. The summed E-state index contributed by atoms with van der Waals surface area (Å²) in [6, 6.07) is 3.32. The van der Waals surface area contributed by atoms with E-state index in [4.69, 9.17) is 4.74 Å². The second kappa shape index (κ2) is 6.12. The minimum absolute atomic E-state index is 0.0789. The Kier molecular flexibility index (Phi) is 3.81. The number of aromatic nitrogens is 4. The predicted molar refractivity (Wildman–Crippen MR) is 83.1 cm³/mol. The summed E-state index contributed by atoms with van der Waals surface area (Å²) in [6.07, 6.45) is 4.76. The number of hydrogen-bond donors (Lipinski definition) is 1. The maximum Gasteiger partial charge on any atom is 0.228 e. The van der Waals surface area contributed by atoms with Gasteiger partial charge in [-0.2, -0.15) is 5.10 Å². The van der Waals surface area contributed by atoms with Crippen LogP contribution in [0.1, 0.15) is 12.8 Å². The number of ether oxygens (including phenoxy) is 1. The first-order valence-electron chi connectivity index (χ1n) is 7.74. The van der Waals surface area contributed by atoms with Crippen molar-refractivity contribution in [3.8, 4) is 11.6 Å². The van der Waals surface area contributed by atoms with E-state index in [9.17, 15) is 8.78 Å².